The van der Waals surface area contributed by atoms with Crippen molar-refractivity contribution in [2.24, 2.45) is 0 Å². The number of hydrogen-bond donors (Lipinski definition) is 2. The zero-order valence-electron chi connectivity index (χ0n) is 10.4. The molecule has 2 unspecified atom stereocenters. The minimum atomic E-state index is -0.846. The van der Waals surface area contributed by atoms with Crippen molar-refractivity contribution < 1.29 is 9.90 Å². The first-order valence-corrected chi connectivity index (χ1v) is 6.65. The van der Waals surface area contributed by atoms with Crippen LogP contribution < -0.4 is 5.32 Å². The van der Waals surface area contributed by atoms with Crippen LogP contribution in [0.1, 0.15) is 38.3 Å². The van der Waals surface area contributed by atoms with Gasteiger partial charge in [-0.3, -0.25) is 10.1 Å². The number of carboxylic acids is 1. The molecule has 0 aliphatic rings. The molecule has 0 spiro atoms. The molecule has 3 nitrogen and oxygen atoms in total. The summed E-state index contributed by atoms with van der Waals surface area (Å²) in [6.45, 7) is 3.83. The third kappa shape index (κ3) is 4.16. The van der Waals surface area contributed by atoms with Gasteiger partial charge in [0.2, 0.25) is 0 Å². The van der Waals surface area contributed by atoms with E-state index in [0.29, 0.717) is 16.5 Å². The predicted molar refractivity (Wildman–Crippen MR) is 74.3 cm³/mol. The van der Waals surface area contributed by atoms with Gasteiger partial charge in [-0.2, -0.15) is 0 Å². The van der Waals surface area contributed by atoms with E-state index in [4.69, 9.17) is 28.3 Å². The summed E-state index contributed by atoms with van der Waals surface area (Å²) in [5.74, 6) is -0.846. The van der Waals surface area contributed by atoms with Gasteiger partial charge >= 0.3 is 5.97 Å². The molecule has 0 amide bonds. The van der Waals surface area contributed by atoms with E-state index in [1.807, 2.05) is 13.8 Å². The number of hydrogen-bond acceptors (Lipinski definition) is 2. The Hall–Kier alpha value is -0.770. The largest absolute Gasteiger partial charge is 0.480 e. The van der Waals surface area contributed by atoms with Gasteiger partial charge in [-0.15, -0.1) is 0 Å². The second-order valence-corrected chi connectivity index (χ2v) is 5.08. The highest BCUT2D eigenvalue weighted by atomic mass is 35.5. The van der Waals surface area contributed by atoms with Crippen LogP contribution in [0.5, 0.6) is 0 Å². The minimum Gasteiger partial charge on any atom is -0.480 e. The second kappa shape index (κ2) is 6.98. The number of carboxylic acid groups (broad SMARTS) is 1. The molecule has 0 bridgehead atoms. The Morgan fingerprint density at radius 3 is 2.67 bits per heavy atom. The van der Waals surface area contributed by atoms with Crippen LogP contribution in [0.3, 0.4) is 0 Å². The lowest BCUT2D eigenvalue weighted by Crippen LogP contribution is -2.38. The van der Waals surface area contributed by atoms with Crippen molar-refractivity contribution in [2.45, 2.75) is 38.8 Å². The van der Waals surface area contributed by atoms with Crippen molar-refractivity contribution in [3.05, 3.63) is 33.8 Å². The lowest BCUT2D eigenvalue weighted by atomic mass is 10.1. The SMILES string of the molecule is CCCC(NC(C)c1cc(Cl)ccc1Cl)C(=O)O. The number of rotatable bonds is 6. The molecule has 2 N–H and O–H groups in total. The molecule has 1 aromatic rings. The van der Waals surface area contributed by atoms with Crippen LogP contribution in [0.2, 0.25) is 10.0 Å². The van der Waals surface area contributed by atoms with Crippen molar-refractivity contribution >= 4 is 29.2 Å². The van der Waals surface area contributed by atoms with Crippen LogP contribution in [0.15, 0.2) is 18.2 Å². The maximum absolute atomic E-state index is 11.1. The van der Waals surface area contributed by atoms with Crippen molar-refractivity contribution in [3.63, 3.8) is 0 Å². The summed E-state index contributed by atoms with van der Waals surface area (Å²) in [4.78, 5) is 11.1. The quantitative estimate of drug-likeness (QED) is 0.835. The molecule has 100 valence electrons. The molecule has 0 heterocycles. The third-order valence-electron chi connectivity index (χ3n) is 2.75. The average Bonchev–Trinajstić information content (AvgIpc) is 2.31. The van der Waals surface area contributed by atoms with Gasteiger partial charge in [0.25, 0.3) is 0 Å². The number of aliphatic carboxylic acids is 1. The molecule has 0 saturated heterocycles. The fourth-order valence-corrected chi connectivity index (χ4v) is 2.27. The molecule has 0 radical (unpaired) electrons. The first-order chi connectivity index (χ1) is 8.45. The Balaban J connectivity index is 2.83. The highest BCUT2D eigenvalue weighted by molar-refractivity contribution is 6.33. The van der Waals surface area contributed by atoms with Gasteiger partial charge in [0.05, 0.1) is 0 Å². The zero-order valence-corrected chi connectivity index (χ0v) is 11.9. The number of carbonyl (C=O) groups is 1. The average molecular weight is 290 g/mol. The molecule has 2 atom stereocenters. The normalized spacial score (nSPS) is 14.2. The molecular formula is C13H17Cl2NO2. The van der Waals surface area contributed by atoms with E-state index in [-0.39, 0.29) is 6.04 Å². The van der Waals surface area contributed by atoms with Crippen LogP contribution in [0.4, 0.5) is 0 Å². The van der Waals surface area contributed by atoms with Gasteiger partial charge in [-0.05, 0) is 37.1 Å². The Morgan fingerprint density at radius 2 is 2.11 bits per heavy atom. The summed E-state index contributed by atoms with van der Waals surface area (Å²) in [7, 11) is 0. The highest BCUT2D eigenvalue weighted by Crippen LogP contribution is 2.26. The summed E-state index contributed by atoms with van der Waals surface area (Å²) in [5.41, 5.74) is 0.812. The zero-order chi connectivity index (χ0) is 13.7. The van der Waals surface area contributed by atoms with E-state index in [2.05, 4.69) is 5.32 Å². The minimum absolute atomic E-state index is 0.163. The molecule has 0 fully saturated rings. The smallest absolute Gasteiger partial charge is 0.320 e. The van der Waals surface area contributed by atoms with Crippen molar-refractivity contribution in [3.8, 4) is 0 Å². The maximum atomic E-state index is 11.1. The van der Waals surface area contributed by atoms with Gasteiger partial charge in [0.1, 0.15) is 6.04 Å². The Kier molecular flexibility index (Phi) is 5.93. The van der Waals surface area contributed by atoms with Crippen LogP contribution in [-0.2, 0) is 4.79 Å². The van der Waals surface area contributed by atoms with Crippen molar-refractivity contribution in [1.82, 2.24) is 5.32 Å². The topological polar surface area (TPSA) is 49.3 Å². The van der Waals surface area contributed by atoms with Gasteiger partial charge < -0.3 is 5.11 Å². The molecular weight excluding hydrogens is 273 g/mol. The van der Waals surface area contributed by atoms with E-state index in [1.54, 1.807) is 18.2 Å². The molecule has 1 rings (SSSR count). The monoisotopic (exact) mass is 289 g/mol. The lowest BCUT2D eigenvalue weighted by Gasteiger charge is -2.21. The van der Waals surface area contributed by atoms with Gasteiger partial charge in [-0.1, -0.05) is 36.5 Å². The standard InChI is InChI=1S/C13H17Cl2NO2/c1-3-4-12(13(17)18)16-8(2)10-7-9(14)5-6-11(10)15/h5-8,12,16H,3-4H2,1-2H3,(H,17,18). The van der Waals surface area contributed by atoms with Crippen LogP contribution in [0.25, 0.3) is 0 Å². The fraction of sp³-hybridized carbons (Fsp3) is 0.462. The lowest BCUT2D eigenvalue weighted by molar-refractivity contribution is -0.139. The molecule has 0 aliphatic heterocycles. The van der Waals surface area contributed by atoms with Gasteiger partial charge in [0, 0.05) is 16.1 Å². The third-order valence-corrected chi connectivity index (χ3v) is 3.33. The maximum Gasteiger partial charge on any atom is 0.320 e. The number of benzene rings is 1. The van der Waals surface area contributed by atoms with Gasteiger partial charge in [-0.25, -0.2) is 0 Å². The van der Waals surface area contributed by atoms with E-state index < -0.39 is 12.0 Å². The highest BCUT2D eigenvalue weighted by Gasteiger charge is 2.20. The summed E-state index contributed by atoms with van der Waals surface area (Å²) in [6, 6.07) is 4.45. The molecule has 1 aromatic carbocycles. The Labute approximate surface area is 117 Å². The van der Waals surface area contributed by atoms with E-state index in [1.165, 1.54) is 0 Å². The summed E-state index contributed by atoms with van der Waals surface area (Å²) in [5, 5.41) is 13.3. The number of nitrogens with one attached hydrogen (secondary N) is 1. The number of halogens is 2. The molecule has 18 heavy (non-hydrogen) atoms. The first-order valence-electron chi connectivity index (χ1n) is 5.89. The van der Waals surface area contributed by atoms with E-state index >= 15 is 0 Å². The molecule has 0 aliphatic carbocycles. The van der Waals surface area contributed by atoms with Crippen LogP contribution >= 0.6 is 23.2 Å². The van der Waals surface area contributed by atoms with Crippen molar-refractivity contribution in [1.29, 1.82) is 0 Å². The van der Waals surface area contributed by atoms with E-state index in [0.717, 1.165) is 12.0 Å². The first kappa shape index (κ1) is 15.3. The van der Waals surface area contributed by atoms with Gasteiger partial charge in [0.15, 0.2) is 0 Å². The summed E-state index contributed by atoms with van der Waals surface area (Å²) >= 11 is 12.0. The molecule has 0 saturated carbocycles. The Bertz CT molecular complexity index is 423. The molecule has 5 heteroatoms. The second-order valence-electron chi connectivity index (χ2n) is 4.23. The summed E-state index contributed by atoms with van der Waals surface area (Å²) in [6.07, 6.45) is 1.39. The summed E-state index contributed by atoms with van der Waals surface area (Å²) < 4.78 is 0. The van der Waals surface area contributed by atoms with Crippen LogP contribution in [-0.4, -0.2) is 17.1 Å². The Morgan fingerprint density at radius 1 is 1.44 bits per heavy atom. The fourth-order valence-electron chi connectivity index (χ4n) is 1.80. The van der Waals surface area contributed by atoms with Crippen LogP contribution in [0, 0.1) is 0 Å². The molecule has 0 aromatic heterocycles. The predicted octanol–water partition coefficient (Wildman–Crippen LogP) is 3.90. The van der Waals surface area contributed by atoms with Crippen molar-refractivity contribution in [2.75, 3.05) is 0 Å². The van der Waals surface area contributed by atoms with E-state index in [9.17, 15) is 4.79 Å².